The first-order valence-corrected chi connectivity index (χ1v) is 14.5. The first-order valence-electron chi connectivity index (χ1n) is 11.8. The molecule has 0 bridgehead atoms. The SMILES string of the molecule is C=CCCCc1ccc(-c2cn(C)c(=O)c3cc(C(=O)N4CCN(S(C)(=O)=O)CC4)sc23)cc1OC. The third-order valence-corrected chi connectivity index (χ3v) is 8.97. The summed E-state index contributed by atoms with van der Waals surface area (Å²) in [5.41, 5.74) is 2.70. The molecule has 8 nitrogen and oxygen atoms in total. The van der Waals surface area contributed by atoms with Crippen molar-refractivity contribution in [2.24, 2.45) is 7.05 Å². The normalized spacial score (nSPS) is 14.8. The van der Waals surface area contributed by atoms with Gasteiger partial charge in [-0.1, -0.05) is 18.2 Å². The fraction of sp³-hybridized carbons (Fsp3) is 0.385. The van der Waals surface area contributed by atoms with Crippen molar-refractivity contribution in [2.45, 2.75) is 19.3 Å². The summed E-state index contributed by atoms with van der Waals surface area (Å²) in [5, 5.41) is 0.493. The number of nitrogens with zero attached hydrogens (tertiary/aromatic N) is 3. The molecule has 1 amide bonds. The fourth-order valence-corrected chi connectivity index (χ4v) is 6.47. The molecule has 2 aromatic heterocycles. The number of amides is 1. The van der Waals surface area contributed by atoms with E-state index in [0.717, 1.165) is 46.4 Å². The largest absolute Gasteiger partial charge is 0.496 e. The van der Waals surface area contributed by atoms with Crippen molar-refractivity contribution in [1.29, 1.82) is 0 Å². The molecule has 0 saturated carbocycles. The second-order valence-electron chi connectivity index (χ2n) is 8.97. The van der Waals surface area contributed by atoms with Gasteiger partial charge < -0.3 is 14.2 Å². The molecule has 1 aromatic carbocycles. The van der Waals surface area contributed by atoms with E-state index >= 15 is 0 Å². The van der Waals surface area contributed by atoms with Crippen LogP contribution in [0.5, 0.6) is 5.75 Å². The van der Waals surface area contributed by atoms with Crippen LogP contribution in [0.15, 0.2) is 47.9 Å². The minimum absolute atomic E-state index is 0.168. The molecule has 1 fully saturated rings. The number of ether oxygens (including phenoxy) is 1. The number of piperazine rings is 1. The highest BCUT2D eigenvalue weighted by atomic mass is 32.2. The van der Waals surface area contributed by atoms with Gasteiger partial charge in [-0.2, -0.15) is 4.31 Å². The lowest BCUT2D eigenvalue weighted by molar-refractivity contribution is 0.0703. The van der Waals surface area contributed by atoms with E-state index in [1.54, 1.807) is 31.3 Å². The molecule has 3 aromatic rings. The number of rotatable bonds is 8. The molecule has 10 heteroatoms. The number of hydrogen-bond donors (Lipinski definition) is 0. The molecule has 192 valence electrons. The minimum atomic E-state index is -3.28. The van der Waals surface area contributed by atoms with E-state index in [9.17, 15) is 18.0 Å². The smallest absolute Gasteiger partial charge is 0.264 e. The Kier molecular flexibility index (Phi) is 7.67. The fourth-order valence-electron chi connectivity index (χ4n) is 4.50. The molecule has 0 N–H and O–H groups in total. The molecule has 0 spiro atoms. The van der Waals surface area contributed by atoms with Crippen molar-refractivity contribution in [2.75, 3.05) is 39.5 Å². The van der Waals surface area contributed by atoms with Crippen LogP contribution in [0.1, 0.15) is 28.1 Å². The Bertz CT molecular complexity index is 1460. The lowest BCUT2D eigenvalue weighted by Gasteiger charge is -2.32. The van der Waals surface area contributed by atoms with Crippen LogP contribution < -0.4 is 10.3 Å². The zero-order valence-electron chi connectivity index (χ0n) is 20.8. The van der Waals surface area contributed by atoms with E-state index in [1.165, 1.54) is 26.5 Å². The highest BCUT2D eigenvalue weighted by Gasteiger charge is 2.28. The summed E-state index contributed by atoms with van der Waals surface area (Å²) in [6.07, 6.45) is 7.68. The van der Waals surface area contributed by atoms with Crippen molar-refractivity contribution >= 4 is 37.4 Å². The third kappa shape index (κ3) is 5.25. The molecular formula is C26H31N3O5S2. The number of allylic oxidation sites excluding steroid dienone is 1. The number of aromatic nitrogens is 1. The standard InChI is InChI=1S/C26H31N3O5S2/c1-5-6-7-8-18-9-10-19(15-22(18)34-3)21-17-27(2)25(30)20-16-23(35-24(20)21)26(31)28-11-13-29(14-12-28)36(4,32)33/h5,9-10,15-17H,1,6-8,11-14H2,2-4H3. The molecule has 0 atom stereocenters. The van der Waals surface area contributed by atoms with E-state index in [0.29, 0.717) is 23.4 Å². The summed E-state index contributed by atoms with van der Waals surface area (Å²) >= 11 is 1.30. The molecular weight excluding hydrogens is 498 g/mol. The zero-order valence-corrected chi connectivity index (χ0v) is 22.5. The molecule has 3 heterocycles. The van der Waals surface area contributed by atoms with Crippen molar-refractivity contribution in [1.82, 2.24) is 13.8 Å². The molecule has 1 saturated heterocycles. The van der Waals surface area contributed by atoms with Gasteiger partial charge in [0.15, 0.2) is 0 Å². The highest BCUT2D eigenvalue weighted by Crippen LogP contribution is 2.36. The molecule has 1 aliphatic rings. The predicted octanol–water partition coefficient (Wildman–Crippen LogP) is 3.50. The van der Waals surface area contributed by atoms with E-state index in [2.05, 4.69) is 12.6 Å². The molecule has 4 rings (SSSR count). The van der Waals surface area contributed by atoms with Crippen LogP contribution in [0.25, 0.3) is 21.2 Å². The topological polar surface area (TPSA) is 88.9 Å². The van der Waals surface area contributed by atoms with Crippen molar-refractivity contribution in [3.05, 3.63) is 63.9 Å². The average molecular weight is 530 g/mol. The molecule has 0 radical (unpaired) electrons. The summed E-state index contributed by atoms with van der Waals surface area (Å²) in [6.45, 7) is 4.94. The van der Waals surface area contributed by atoms with Gasteiger partial charge in [0.25, 0.3) is 11.5 Å². The predicted molar refractivity (Wildman–Crippen MR) is 145 cm³/mol. The van der Waals surface area contributed by atoms with Gasteiger partial charge in [-0.05, 0) is 42.5 Å². The summed E-state index contributed by atoms with van der Waals surface area (Å²) in [7, 11) is 0.0715. The van der Waals surface area contributed by atoms with Gasteiger partial charge in [0, 0.05) is 49.7 Å². The highest BCUT2D eigenvalue weighted by molar-refractivity contribution is 7.88. The summed E-state index contributed by atoms with van der Waals surface area (Å²) in [4.78, 5) is 28.3. The summed E-state index contributed by atoms with van der Waals surface area (Å²) in [6, 6.07) is 7.72. The van der Waals surface area contributed by atoms with Crippen LogP contribution in [-0.4, -0.2) is 67.6 Å². The first-order chi connectivity index (χ1) is 17.1. The van der Waals surface area contributed by atoms with Gasteiger partial charge in [0.2, 0.25) is 10.0 Å². The van der Waals surface area contributed by atoms with Crippen LogP contribution in [0.3, 0.4) is 0 Å². The second kappa shape index (κ2) is 10.6. The molecule has 1 aliphatic heterocycles. The maximum absolute atomic E-state index is 13.3. The summed E-state index contributed by atoms with van der Waals surface area (Å²) < 4.78 is 32.9. The number of fused-ring (bicyclic) bond motifs is 1. The number of hydrogen-bond acceptors (Lipinski definition) is 6. The van der Waals surface area contributed by atoms with Crippen LogP contribution in [0.4, 0.5) is 0 Å². The number of sulfonamides is 1. The van der Waals surface area contributed by atoms with E-state index in [-0.39, 0.29) is 24.6 Å². The molecule has 0 unspecified atom stereocenters. The van der Waals surface area contributed by atoms with Gasteiger partial charge in [0.05, 0.1) is 23.6 Å². The Morgan fingerprint density at radius 2 is 1.92 bits per heavy atom. The Labute approximate surface area is 215 Å². The number of pyridine rings is 1. The van der Waals surface area contributed by atoms with E-state index in [1.807, 2.05) is 18.2 Å². The Morgan fingerprint density at radius 1 is 1.19 bits per heavy atom. The molecule has 36 heavy (non-hydrogen) atoms. The van der Waals surface area contributed by atoms with Crippen LogP contribution in [0, 0.1) is 0 Å². The van der Waals surface area contributed by atoms with E-state index in [4.69, 9.17) is 4.74 Å². The Balaban J connectivity index is 1.68. The average Bonchev–Trinajstić information content (AvgIpc) is 3.31. The maximum Gasteiger partial charge on any atom is 0.264 e. The van der Waals surface area contributed by atoms with E-state index < -0.39 is 10.0 Å². The Morgan fingerprint density at radius 3 is 2.56 bits per heavy atom. The van der Waals surface area contributed by atoms with Gasteiger partial charge in [-0.3, -0.25) is 9.59 Å². The van der Waals surface area contributed by atoms with Gasteiger partial charge in [-0.15, -0.1) is 17.9 Å². The van der Waals surface area contributed by atoms with Crippen molar-refractivity contribution < 1.29 is 17.9 Å². The quantitative estimate of drug-likeness (QED) is 0.329. The lowest BCUT2D eigenvalue weighted by Crippen LogP contribution is -2.50. The lowest BCUT2D eigenvalue weighted by atomic mass is 10.0. The van der Waals surface area contributed by atoms with Crippen LogP contribution in [0.2, 0.25) is 0 Å². The monoisotopic (exact) mass is 529 g/mol. The van der Waals surface area contributed by atoms with Gasteiger partial charge >= 0.3 is 0 Å². The van der Waals surface area contributed by atoms with Crippen molar-refractivity contribution in [3.8, 4) is 16.9 Å². The number of aryl methyl sites for hydroxylation is 2. The van der Waals surface area contributed by atoms with Crippen molar-refractivity contribution in [3.63, 3.8) is 0 Å². The van der Waals surface area contributed by atoms with Crippen LogP contribution >= 0.6 is 11.3 Å². The number of carbonyl (C=O) groups is 1. The maximum atomic E-state index is 13.3. The van der Waals surface area contributed by atoms with Gasteiger partial charge in [-0.25, -0.2) is 8.42 Å². The number of benzene rings is 1. The summed E-state index contributed by atoms with van der Waals surface area (Å²) in [5.74, 6) is 0.600. The van der Waals surface area contributed by atoms with Crippen LogP contribution in [-0.2, 0) is 23.5 Å². The third-order valence-electron chi connectivity index (χ3n) is 6.51. The zero-order chi connectivity index (χ0) is 26.0. The number of methoxy groups -OCH3 is 1. The molecule has 0 aliphatic carbocycles. The Hall–Kier alpha value is -2.95. The number of unbranched alkanes of at least 4 members (excludes halogenated alkanes) is 1. The minimum Gasteiger partial charge on any atom is -0.496 e. The second-order valence-corrected chi connectivity index (χ2v) is 12.0. The number of thiophene rings is 1. The first kappa shape index (κ1) is 26.1. The number of carbonyl (C=O) groups excluding carboxylic acids is 1. The van der Waals surface area contributed by atoms with Gasteiger partial charge in [0.1, 0.15) is 5.75 Å².